The Labute approximate surface area is 212 Å². The molecule has 4 aliphatic carbocycles. The summed E-state index contributed by atoms with van der Waals surface area (Å²) in [5.41, 5.74) is -0.451. The van der Waals surface area contributed by atoms with E-state index in [1.807, 2.05) is 19.9 Å². The minimum Gasteiger partial charge on any atom is -0.461 e. The van der Waals surface area contributed by atoms with Crippen LogP contribution in [0.15, 0.2) is 11.6 Å². The molecule has 192 valence electrons. The molecule has 4 fully saturated rings. The summed E-state index contributed by atoms with van der Waals surface area (Å²) in [7, 11) is 0. The van der Waals surface area contributed by atoms with Gasteiger partial charge in [-0.15, -0.1) is 0 Å². The van der Waals surface area contributed by atoms with E-state index >= 15 is 0 Å². The van der Waals surface area contributed by atoms with E-state index in [4.69, 9.17) is 4.74 Å². The lowest BCUT2D eigenvalue weighted by molar-refractivity contribution is -0.215. The molecular weight excluding hydrogens is 434 g/mol. The van der Waals surface area contributed by atoms with Gasteiger partial charge in [-0.1, -0.05) is 61.5 Å². The summed E-state index contributed by atoms with van der Waals surface area (Å²) < 4.78 is 6.56. The van der Waals surface area contributed by atoms with Crippen LogP contribution in [-0.4, -0.2) is 17.9 Å². The second-order valence-electron chi connectivity index (χ2n) is 15.3. The van der Waals surface area contributed by atoms with Crippen LogP contribution in [0, 0.1) is 61.6 Å². The van der Waals surface area contributed by atoms with E-state index < -0.39 is 5.41 Å². The number of allylic oxidation sites excluding steroid dienone is 2. The number of rotatable bonds is 0. The zero-order valence-electron chi connectivity index (χ0n) is 23.2. The molecule has 0 radical (unpaired) electrons. The Morgan fingerprint density at radius 3 is 2.20 bits per heavy atom. The highest BCUT2D eigenvalue weighted by Crippen LogP contribution is 2.73. The van der Waals surface area contributed by atoms with Crippen molar-refractivity contribution in [2.75, 3.05) is 0 Å². The van der Waals surface area contributed by atoms with Gasteiger partial charge in [-0.05, 0) is 78.4 Å². The Bertz CT molecular complexity index is 1050. The Morgan fingerprint density at radius 1 is 0.886 bits per heavy atom. The number of ketones is 1. The van der Waals surface area contributed by atoms with Crippen molar-refractivity contribution in [3.05, 3.63) is 11.6 Å². The average Bonchev–Trinajstić information content (AvgIpc) is 2.85. The number of hydrogen-bond donors (Lipinski definition) is 0. The molecule has 35 heavy (non-hydrogen) atoms. The second kappa shape index (κ2) is 7.23. The molecule has 1 aliphatic heterocycles. The molecule has 4 nitrogen and oxygen atoms in total. The number of fused-ring (bicyclic) bond motifs is 7. The van der Waals surface area contributed by atoms with Crippen molar-refractivity contribution >= 4 is 11.8 Å². The maximum atomic E-state index is 13.6. The SMILES string of the molecule is CC1(C)CC[C@]2(C)CC[C@]3(C)C(OC(=O)C[C@@H]4[C@@]5(C)C=C(C#N)C(=O)C(C)(C)[C@@H]5CC[C@]43C)C2C1. The fraction of sp³-hybridized carbons (Fsp3) is 0.839. The number of carbonyl (C=O) groups excluding carboxylic acids is 2. The quantitative estimate of drug-likeness (QED) is 0.350. The van der Waals surface area contributed by atoms with Gasteiger partial charge in [0.15, 0.2) is 5.78 Å². The van der Waals surface area contributed by atoms with Crippen LogP contribution in [0.2, 0.25) is 0 Å². The fourth-order valence-corrected chi connectivity index (χ4v) is 10.1. The van der Waals surface area contributed by atoms with E-state index in [9.17, 15) is 14.9 Å². The van der Waals surface area contributed by atoms with Gasteiger partial charge in [-0.25, -0.2) is 0 Å². The first-order valence-corrected chi connectivity index (χ1v) is 13.9. The zero-order valence-corrected chi connectivity index (χ0v) is 23.2. The third-order valence-corrected chi connectivity index (χ3v) is 12.7. The molecule has 5 aliphatic rings. The Morgan fingerprint density at radius 2 is 1.54 bits per heavy atom. The lowest BCUT2D eigenvalue weighted by Gasteiger charge is -2.67. The van der Waals surface area contributed by atoms with Crippen molar-refractivity contribution < 1.29 is 14.3 Å². The van der Waals surface area contributed by atoms with E-state index in [0.29, 0.717) is 12.3 Å². The summed E-state index contributed by atoms with van der Waals surface area (Å²) >= 11 is 0. The van der Waals surface area contributed by atoms with Crippen molar-refractivity contribution in [2.24, 2.45) is 50.2 Å². The molecule has 0 N–H and O–H groups in total. The first-order valence-electron chi connectivity index (χ1n) is 13.9. The topological polar surface area (TPSA) is 67.2 Å². The lowest BCUT2D eigenvalue weighted by Crippen LogP contribution is -2.64. The van der Waals surface area contributed by atoms with Crippen LogP contribution in [0.4, 0.5) is 0 Å². The third kappa shape index (κ3) is 3.15. The van der Waals surface area contributed by atoms with E-state index in [0.717, 1.165) is 25.7 Å². The summed E-state index contributed by atoms with van der Waals surface area (Å²) in [6, 6.07) is 2.21. The average molecular weight is 480 g/mol. The van der Waals surface area contributed by atoms with Crippen molar-refractivity contribution in [1.29, 1.82) is 5.26 Å². The molecule has 0 spiro atoms. The smallest absolute Gasteiger partial charge is 0.306 e. The number of esters is 1. The highest BCUT2D eigenvalue weighted by atomic mass is 16.5. The number of nitriles is 1. The van der Waals surface area contributed by atoms with Gasteiger partial charge in [0.2, 0.25) is 0 Å². The highest BCUT2D eigenvalue weighted by Gasteiger charge is 2.70. The van der Waals surface area contributed by atoms with Gasteiger partial charge in [-0.3, -0.25) is 9.59 Å². The molecular formula is C31H45NO3. The van der Waals surface area contributed by atoms with Crippen LogP contribution in [0.3, 0.4) is 0 Å². The number of carbonyl (C=O) groups is 2. The maximum absolute atomic E-state index is 13.6. The molecule has 5 rings (SSSR count). The number of ether oxygens (including phenoxy) is 1. The Balaban J connectivity index is 1.65. The minimum absolute atomic E-state index is 0.0377. The summed E-state index contributed by atoms with van der Waals surface area (Å²) in [6.45, 7) is 18.3. The maximum Gasteiger partial charge on any atom is 0.306 e. The molecule has 0 aromatic rings. The zero-order chi connectivity index (χ0) is 25.8. The van der Waals surface area contributed by atoms with Crippen LogP contribution in [0.1, 0.15) is 107 Å². The van der Waals surface area contributed by atoms with Crippen molar-refractivity contribution in [3.63, 3.8) is 0 Å². The van der Waals surface area contributed by atoms with Gasteiger partial charge in [0.1, 0.15) is 12.2 Å². The van der Waals surface area contributed by atoms with Gasteiger partial charge in [-0.2, -0.15) is 5.26 Å². The summed E-state index contributed by atoms with van der Waals surface area (Å²) in [5.74, 6) is 0.431. The van der Waals surface area contributed by atoms with Gasteiger partial charge in [0, 0.05) is 23.2 Å². The highest BCUT2D eigenvalue weighted by molar-refractivity contribution is 6.04. The van der Waals surface area contributed by atoms with Crippen molar-refractivity contribution in [2.45, 2.75) is 113 Å². The van der Waals surface area contributed by atoms with Gasteiger partial charge < -0.3 is 4.74 Å². The largest absolute Gasteiger partial charge is 0.461 e. The van der Waals surface area contributed by atoms with Crippen LogP contribution in [0.5, 0.6) is 0 Å². The molecule has 1 heterocycles. The van der Waals surface area contributed by atoms with Gasteiger partial charge >= 0.3 is 5.97 Å². The van der Waals surface area contributed by atoms with Crippen LogP contribution in [0.25, 0.3) is 0 Å². The molecule has 1 saturated heterocycles. The van der Waals surface area contributed by atoms with Crippen molar-refractivity contribution in [1.82, 2.24) is 0 Å². The van der Waals surface area contributed by atoms with Crippen LogP contribution < -0.4 is 0 Å². The van der Waals surface area contributed by atoms with Gasteiger partial charge in [0.25, 0.3) is 0 Å². The standard InChI is InChI=1S/C31H45NO3/c1-26(2)11-12-28(5)13-14-31(8)25(20(28)17-26)35-23(33)15-22-29(6)16-19(18-32)24(34)27(3,4)21(29)9-10-30(22,31)7/h16,20-22,25H,9-15,17H2,1-8H3/t20?,21-,22+,25?,28+,29-,30+,31+/m0/s1. The normalized spacial score (nSPS) is 50.2. The minimum atomic E-state index is -0.606. The molecule has 0 aromatic carbocycles. The predicted molar refractivity (Wildman–Crippen MR) is 136 cm³/mol. The molecule has 0 bridgehead atoms. The number of nitrogens with zero attached hydrogens (tertiary/aromatic N) is 1. The lowest BCUT2D eigenvalue weighted by atomic mass is 9.36. The number of hydrogen-bond acceptors (Lipinski definition) is 4. The Kier molecular flexibility index (Phi) is 5.17. The first kappa shape index (κ1) is 25.0. The Hall–Kier alpha value is -1.63. The summed E-state index contributed by atoms with van der Waals surface area (Å²) in [6.07, 6.45) is 10.0. The summed E-state index contributed by atoms with van der Waals surface area (Å²) in [5, 5.41) is 9.88. The molecule has 4 heteroatoms. The van der Waals surface area contributed by atoms with E-state index in [2.05, 4.69) is 47.6 Å². The predicted octanol–water partition coefficient (Wildman–Crippen LogP) is 7.03. The van der Waals surface area contributed by atoms with E-state index in [1.54, 1.807) is 0 Å². The summed E-state index contributed by atoms with van der Waals surface area (Å²) in [4.78, 5) is 26.8. The monoisotopic (exact) mass is 479 g/mol. The van der Waals surface area contributed by atoms with Crippen LogP contribution >= 0.6 is 0 Å². The molecule has 0 amide bonds. The van der Waals surface area contributed by atoms with E-state index in [-0.39, 0.29) is 62.3 Å². The molecule has 0 aromatic heterocycles. The third-order valence-electron chi connectivity index (χ3n) is 12.7. The fourth-order valence-electron chi connectivity index (χ4n) is 10.1. The second-order valence-corrected chi connectivity index (χ2v) is 15.3. The van der Waals surface area contributed by atoms with Crippen LogP contribution in [-0.2, 0) is 14.3 Å². The first-order chi connectivity index (χ1) is 16.0. The molecule has 8 atom stereocenters. The van der Waals surface area contributed by atoms with Gasteiger partial charge in [0.05, 0.1) is 5.57 Å². The molecule has 3 saturated carbocycles. The van der Waals surface area contributed by atoms with Crippen molar-refractivity contribution in [3.8, 4) is 6.07 Å². The number of Topliss-reactive ketones (excluding diaryl/α,β-unsaturated/α-hetero) is 1. The van der Waals surface area contributed by atoms with E-state index in [1.165, 1.54) is 19.3 Å². The molecule has 2 unspecified atom stereocenters.